The van der Waals surface area contributed by atoms with Gasteiger partial charge >= 0.3 is 0 Å². The summed E-state index contributed by atoms with van der Waals surface area (Å²) >= 11 is 0. The molecule has 2 heterocycles. The zero-order valence-electron chi connectivity index (χ0n) is 11.5. The molecule has 0 unspecified atom stereocenters. The van der Waals surface area contributed by atoms with Crippen molar-refractivity contribution >= 4 is 10.8 Å². The number of pyridine rings is 2. The molecule has 0 fully saturated rings. The van der Waals surface area contributed by atoms with Crippen LogP contribution in [0.5, 0.6) is 0 Å². The molecule has 3 nitrogen and oxygen atoms in total. The molecule has 0 bridgehead atoms. The van der Waals surface area contributed by atoms with Gasteiger partial charge < -0.3 is 4.57 Å². The van der Waals surface area contributed by atoms with Crippen molar-refractivity contribution in [3.63, 3.8) is 0 Å². The van der Waals surface area contributed by atoms with Gasteiger partial charge in [-0.25, -0.2) is 8.78 Å². The highest BCUT2D eigenvalue weighted by molar-refractivity contribution is 5.95. The average molecular weight is 286 g/mol. The lowest BCUT2D eigenvalue weighted by atomic mass is 10.00. The number of rotatable bonds is 1. The molecule has 21 heavy (non-hydrogen) atoms. The maximum absolute atomic E-state index is 13.8. The normalized spacial score (nSPS) is 11.0. The Morgan fingerprint density at radius 1 is 1.14 bits per heavy atom. The summed E-state index contributed by atoms with van der Waals surface area (Å²) < 4.78 is 29.0. The summed E-state index contributed by atoms with van der Waals surface area (Å²) in [6.45, 7) is 1.39. The van der Waals surface area contributed by atoms with E-state index in [1.54, 1.807) is 25.5 Å². The molecule has 1 aromatic carbocycles. The van der Waals surface area contributed by atoms with Crippen molar-refractivity contribution in [3.05, 3.63) is 64.3 Å². The third-order valence-electron chi connectivity index (χ3n) is 3.58. The number of fused-ring (bicyclic) bond motifs is 1. The number of hydrogen-bond donors (Lipinski definition) is 0. The average Bonchev–Trinajstić information content (AvgIpc) is 2.48. The van der Waals surface area contributed by atoms with Crippen molar-refractivity contribution in [1.29, 1.82) is 0 Å². The minimum Gasteiger partial charge on any atom is -0.317 e. The molecule has 5 heteroatoms. The highest BCUT2D eigenvalue weighted by Crippen LogP contribution is 2.28. The number of benzene rings is 1. The van der Waals surface area contributed by atoms with Crippen molar-refractivity contribution in [2.24, 2.45) is 7.05 Å². The first-order valence-corrected chi connectivity index (χ1v) is 6.38. The van der Waals surface area contributed by atoms with E-state index in [-0.39, 0.29) is 11.1 Å². The maximum Gasteiger partial charge on any atom is 0.259 e. The Labute approximate surface area is 119 Å². The zero-order chi connectivity index (χ0) is 15.1. The van der Waals surface area contributed by atoms with E-state index < -0.39 is 11.6 Å². The minimum atomic E-state index is -0.610. The van der Waals surface area contributed by atoms with Gasteiger partial charge in [0, 0.05) is 36.8 Å². The van der Waals surface area contributed by atoms with E-state index >= 15 is 0 Å². The second kappa shape index (κ2) is 4.77. The van der Waals surface area contributed by atoms with Crippen molar-refractivity contribution in [2.45, 2.75) is 6.92 Å². The highest BCUT2D eigenvalue weighted by atomic mass is 19.1. The van der Waals surface area contributed by atoms with Crippen LogP contribution in [0.2, 0.25) is 0 Å². The molecule has 0 N–H and O–H groups in total. The van der Waals surface area contributed by atoms with Crippen LogP contribution in [0.25, 0.3) is 21.9 Å². The van der Waals surface area contributed by atoms with Gasteiger partial charge in [0.1, 0.15) is 11.6 Å². The summed E-state index contributed by atoms with van der Waals surface area (Å²) in [4.78, 5) is 16.0. The van der Waals surface area contributed by atoms with Crippen LogP contribution in [-0.4, -0.2) is 9.55 Å². The van der Waals surface area contributed by atoms with Crippen LogP contribution in [0.1, 0.15) is 5.56 Å². The maximum atomic E-state index is 13.8. The summed E-state index contributed by atoms with van der Waals surface area (Å²) in [6, 6.07) is 4.22. The molecule has 0 spiro atoms. The van der Waals surface area contributed by atoms with Gasteiger partial charge in [0.15, 0.2) is 0 Å². The molecule has 0 aliphatic heterocycles. The number of nitrogens with zero attached hydrogens (tertiary/aromatic N) is 2. The summed E-state index contributed by atoms with van der Waals surface area (Å²) in [5.74, 6) is -1.22. The number of halogens is 2. The van der Waals surface area contributed by atoms with Crippen molar-refractivity contribution in [2.75, 3.05) is 0 Å². The standard InChI is InChI=1S/C16H12F2N2O/c1-9-14(17)5-10(6-15(9)18)13-8-20(2)16(21)12-7-19-4-3-11(12)13/h3-8H,1-2H3. The lowest BCUT2D eigenvalue weighted by molar-refractivity contribution is 0.569. The molecular formula is C16H12F2N2O. The molecule has 106 valence electrons. The summed E-state index contributed by atoms with van der Waals surface area (Å²) in [5.41, 5.74) is 0.763. The molecule has 0 radical (unpaired) electrons. The Bertz CT molecular complexity index is 893. The van der Waals surface area contributed by atoms with Crippen molar-refractivity contribution in [3.8, 4) is 11.1 Å². The fourth-order valence-corrected chi connectivity index (χ4v) is 2.34. The third-order valence-corrected chi connectivity index (χ3v) is 3.58. The highest BCUT2D eigenvalue weighted by Gasteiger charge is 2.13. The summed E-state index contributed by atoms with van der Waals surface area (Å²) in [6.07, 6.45) is 4.59. The lowest BCUT2D eigenvalue weighted by Crippen LogP contribution is -2.16. The Balaban J connectivity index is 2.41. The topological polar surface area (TPSA) is 34.9 Å². The Kier molecular flexibility index (Phi) is 3.05. The molecule has 0 atom stereocenters. The summed E-state index contributed by atoms with van der Waals surface area (Å²) in [5, 5.41) is 1.04. The van der Waals surface area contributed by atoms with E-state index in [1.165, 1.54) is 29.8 Å². The van der Waals surface area contributed by atoms with Gasteiger partial charge in [0.2, 0.25) is 0 Å². The van der Waals surface area contributed by atoms with Gasteiger partial charge in [-0.15, -0.1) is 0 Å². The van der Waals surface area contributed by atoms with Gasteiger partial charge in [-0.3, -0.25) is 9.78 Å². The van der Waals surface area contributed by atoms with Crippen molar-refractivity contribution < 1.29 is 8.78 Å². The molecule has 0 aliphatic rings. The van der Waals surface area contributed by atoms with Crippen LogP contribution in [0.4, 0.5) is 8.78 Å². The number of hydrogen-bond acceptors (Lipinski definition) is 2. The molecule has 2 aromatic heterocycles. The van der Waals surface area contributed by atoms with Crippen LogP contribution in [-0.2, 0) is 7.05 Å². The SMILES string of the molecule is Cc1c(F)cc(-c2cn(C)c(=O)c3cnccc23)cc1F. The van der Waals surface area contributed by atoms with E-state index in [4.69, 9.17) is 0 Å². The fourth-order valence-electron chi connectivity index (χ4n) is 2.34. The van der Waals surface area contributed by atoms with Gasteiger partial charge in [0.25, 0.3) is 5.56 Å². The Morgan fingerprint density at radius 2 is 1.81 bits per heavy atom. The zero-order valence-corrected chi connectivity index (χ0v) is 11.5. The molecule has 3 rings (SSSR count). The van der Waals surface area contributed by atoms with Gasteiger partial charge in [-0.1, -0.05) is 0 Å². The number of aromatic nitrogens is 2. The molecular weight excluding hydrogens is 274 g/mol. The monoisotopic (exact) mass is 286 g/mol. The van der Waals surface area contributed by atoms with Crippen LogP contribution in [0.15, 0.2) is 41.6 Å². The fraction of sp³-hybridized carbons (Fsp3) is 0.125. The molecule has 0 saturated heterocycles. The largest absolute Gasteiger partial charge is 0.317 e. The quantitative estimate of drug-likeness (QED) is 0.688. The first-order chi connectivity index (χ1) is 9.99. The predicted octanol–water partition coefficient (Wildman–Crippen LogP) is 3.19. The van der Waals surface area contributed by atoms with Gasteiger partial charge in [-0.2, -0.15) is 0 Å². The van der Waals surface area contributed by atoms with Crippen LogP contribution >= 0.6 is 0 Å². The first-order valence-electron chi connectivity index (χ1n) is 6.38. The van der Waals surface area contributed by atoms with E-state index in [0.717, 1.165) is 0 Å². The van der Waals surface area contributed by atoms with E-state index in [1.807, 2.05) is 0 Å². The molecule has 0 amide bonds. The van der Waals surface area contributed by atoms with E-state index in [0.29, 0.717) is 21.9 Å². The predicted molar refractivity (Wildman–Crippen MR) is 77.1 cm³/mol. The van der Waals surface area contributed by atoms with Crippen LogP contribution in [0.3, 0.4) is 0 Å². The second-order valence-electron chi connectivity index (χ2n) is 4.94. The Morgan fingerprint density at radius 3 is 2.48 bits per heavy atom. The van der Waals surface area contributed by atoms with Crippen LogP contribution < -0.4 is 5.56 Å². The molecule has 0 saturated carbocycles. The first kappa shape index (κ1) is 13.4. The van der Waals surface area contributed by atoms with Gasteiger partial charge in [0.05, 0.1) is 5.39 Å². The molecule has 0 aliphatic carbocycles. The summed E-state index contributed by atoms with van der Waals surface area (Å²) in [7, 11) is 1.60. The number of aryl methyl sites for hydroxylation is 1. The smallest absolute Gasteiger partial charge is 0.259 e. The lowest BCUT2D eigenvalue weighted by Gasteiger charge is -2.10. The second-order valence-corrected chi connectivity index (χ2v) is 4.94. The van der Waals surface area contributed by atoms with Crippen LogP contribution in [0, 0.1) is 18.6 Å². The van der Waals surface area contributed by atoms with Gasteiger partial charge in [-0.05, 0) is 36.1 Å². The van der Waals surface area contributed by atoms with E-state index in [2.05, 4.69) is 4.98 Å². The third kappa shape index (κ3) is 2.11. The van der Waals surface area contributed by atoms with Crippen molar-refractivity contribution in [1.82, 2.24) is 9.55 Å². The molecule has 3 aromatic rings. The Hall–Kier alpha value is -2.56. The van der Waals surface area contributed by atoms with E-state index in [9.17, 15) is 13.6 Å². The minimum absolute atomic E-state index is 0.0189.